The number of piperidine rings is 1. The quantitative estimate of drug-likeness (QED) is 0.728. The lowest BCUT2D eigenvalue weighted by atomic mass is 10.1. The highest BCUT2D eigenvalue weighted by Crippen LogP contribution is 2.32. The number of hydrogen-bond acceptors (Lipinski definition) is 4. The summed E-state index contributed by atoms with van der Waals surface area (Å²) in [5.74, 6) is 1.29. The Labute approximate surface area is 162 Å². The Kier molecular flexibility index (Phi) is 5.14. The predicted molar refractivity (Wildman–Crippen MR) is 104 cm³/mol. The summed E-state index contributed by atoms with van der Waals surface area (Å²) in [5.41, 5.74) is 2.09. The molecule has 1 aliphatic rings. The van der Waals surface area contributed by atoms with Crippen LogP contribution in [0.3, 0.4) is 0 Å². The van der Waals surface area contributed by atoms with Crippen LogP contribution in [0.4, 0.5) is 4.39 Å². The summed E-state index contributed by atoms with van der Waals surface area (Å²) in [6.07, 6.45) is 3.27. The minimum atomic E-state index is -0.317. The average Bonchev–Trinajstić information content (AvgIpc) is 3.15. The fourth-order valence-electron chi connectivity index (χ4n) is 3.43. The number of fused-ring (bicyclic) bond motifs is 1. The molecule has 0 aliphatic carbocycles. The molecule has 4 rings (SSSR count). The molecule has 1 aliphatic heterocycles. The SMILES string of the molecule is COc1cc(-c2nc3ccc(F)cc3[nH]2)ccc1OCC(=O)N1CCCCC1. The number of halogens is 1. The second-order valence-electron chi connectivity index (χ2n) is 6.84. The van der Waals surface area contributed by atoms with Gasteiger partial charge in [-0.1, -0.05) is 0 Å². The number of carbonyl (C=O) groups excluding carboxylic acids is 1. The molecule has 1 N–H and O–H groups in total. The third kappa shape index (κ3) is 3.78. The van der Waals surface area contributed by atoms with Crippen LogP contribution in [0.2, 0.25) is 0 Å². The third-order valence-electron chi connectivity index (χ3n) is 4.94. The van der Waals surface area contributed by atoms with Crippen LogP contribution in [0.5, 0.6) is 11.5 Å². The fraction of sp³-hybridized carbons (Fsp3) is 0.333. The van der Waals surface area contributed by atoms with Crippen LogP contribution in [-0.2, 0) is 4.79 Å². The summed E-state index contributed by atoms with van der Waals surface area (Å²) in [7, 11) is 1.55. The van der Waals surface area contributed by atoms with Gasteiger partial charge in [0.25, 0.3) is 5.91 Å². The number of nitrogens with one attached hydrogen (secondary N) is 1. The molecule has 0 atom stereocenters. The summed E-state index contributed by atoms with van der Waals surface area (Å²) < 4.78 is 24.5. The number of methoxy groups -OCH3 is 1. The normalized spacial score (nSPS) is 14.3. The van der Waals surface area contributed by atoms with Gasteiger partial charge in [-0.2, -0.15) is 0 Å². The second kappa shape index (κ2) is 7.88. The Balaban J connectivity index is 1.51. The minimum Gasteiger partial charge on any atom is -0.493 e. The van der Waals surface area contributed by atoms with Crippen molar-refractivity contribution in [3.05, 3.63) is 42.2 Å². The molecule has 0 bridgehead atoms. The lowest BCUT2D eigenvalue weighted by Crippen LogP contribution is -2.38. The first-order valence-electron chi connectivity index (χ1n) is 9.38. The maximum atomic E-state index is 13.4. The van der Waals surface area contributed by atoms with E-state index in [2.05, 4.69) is 9.97 Å². The number of aromatic amines is 1. The standard InChI is InChI=1S/C21H22FN3O3/c1-27-19-11-14(21-23-16-7-6-15(22)12-17(16)24-21)5-8-18(19)28-13-20(26)25-9-3-2-4-10-25/h5-8,11-12H,2-4,9-10,13H2,1H3,(H,23,24). The van der Waals surface area contributed by atoms with E-state index in [1.165, 1.54) is 18.6 Å². The van der Waals surface area contributed by atoms with E-state index in [0.717, 1.165) is 31.5 Å². The minimum absolute atomic E-state index is 0.00913. The van der Waals surface area contributed by atoms with Crippen molar-refractivity contribution in [3.8, 4) is 22.9 Å². The topological polar surface area (TPSA) is 67.5 Å². The Morgan fingerprint density at radius 3 is 2.75 bits per heavy atom. The zero-order valence-electron chi connectivity index (χ0n) is 15.7. The van der Waals surface area contributed by atoms with E-state index < -0.39 is 0 Å². The maximum Gasteiger partial charge on any atom is 0.260 e. The van der Waals surface area contributed by atoms with Crippen LogP contribution in [-0.4, -0.2) is 47.6 Å². The van der Waals surface area contributed by atoms with Crippen molar-refractivity contribution in [2.45, 2.75) is 19.3 Å². The molecule has 0 unspecified atom stereocenters. The number of imidazole rings is 1. The first-order valence-corrected chi connectivity index (χ1v) is 9.38. The van der Waals surface area contributed by atoms with E-state index in [4.69, 9.17) is 9.47 Å². The number of carbonyl (C=O) groups is 1. The van der Waals surface area contributed by atoms with Crippen molar-refractivity contribution in [3.63, 3.8) is 0 Å². The predicted octanol–water partition coefficient (Wildman–Crippen LogP) is 3.77. The number of amides is 1. The zero-order valence-corrected chi connectivity index (χ0v) is 15.7. The van der Waals surface area contributed by atoms with E-state index in [0.29, 0.717) is 28.4 Å². The molecule has 0 spiro atoms. The molecule has 6 nitrogen and oxygen atoms in total. The van der Waals surface area contributed by atoms with Gasteiger partial charge in [-0.25, -0.2) is 9.37 Å². The molecule has 1 aromatic heterocycles. The van der Waals surface area contributed by atoms with Gasteiger partial charge in [0.2, 0.25) is 0 Å². The molecular formula is C21H22FN3O3. The van der Waals surface area contributed by atoms with Crippen LogP contribution >= 0.6 is 0 Å². The van der Waals surface area contributed by atoms with Crippen molar-refractivity contribution in [2.75, 3.05) is 26.8 Å². The van der Waals surface area contributed by atoms with E-state index in [1.807, 2.05) is 11.0 Å². The lowest BCUT2D eigenvalue weighted by Gasteiger charge is -2.26. The third-order valence-corrected chi connectivity index (χ3v) is 4.94. The molecule has 1 amide bonds. The van der Waals surface area contributed by atoms with Crippen molar-refractivity contribution in [2.24, 2.45) is 0 Å². The van der Waals surface area contributed by atoms with Crippen LogP contribution in [0.1, 0.15) is 19.3 Å². The molecule has 2 heterocycles. The molecule has 1 fully saturated rings. The number of benzene rings is 2. The van der Waals surface area contributed by atoms with E-state index >= 15 is 0 Å². The highest BCUT2D eigenvalue weighted by molar-refractivity contribution is 5.80. The van der Waals surface area contributed by atoms with Gasteiger partial charge in [0.15, 0.2) is 18.1 Å². The maximum absolute atomic E-state index is 13.4. The number of ether oxygens (including phenoxy) is 2. The molecule has 2 aromatic carbocycles. The zero-order chi connectivity index (χ0) is 19.5. The molecular weight excluding hydrogens is 361 g/mol. The van der Waals surface area contributed by atoms with Gasteiger partial charge >= 0.3 is 0 Å². The van der Waals surface area contributed by atoms with Gasteiger partial charge in [-0.05, 0) is 55.7 Å². The largest absolute Gasteiger partial charge is 0.493 e. The van der Waals surface area contributed by atoms with Crippen LogP contribution in [0, 0.1) is 5.82 Å². The Morgan fingerprint density at radius 1 is 1.14 bits per heavy atom. The Hall–Kier alpha value is -3.09. The smallest absolute Gasteiger partial charge is 0.260 e. The number of nitrogens with zero attached hydrogens (tertiary/aromatic N) is 2. The number of likely N-dealkylation sites (tertiary alicyclic amines) is 1. The molecule has 146 valence electrons. The van der Waals surface area contributed by atoms with Gasteiger partial charge in [-0.3, -0.25) is 4.79 Å². The van der Waals surface area contributed by atoms with Gasteiger partial charge in [-0.15, -0.1) is 0 Å². The van der Waals surface area contributed by atoms with Crippen LogP contribution in [0.15, 0.2) is 36.4 Å². The van der Waals surface area contributed by atoms with Gasteiger partial charge < -0.3 is 19.4 Å². The fourth-order valence-corrected chi connectivity index (χ4v) is 3.43. The van der Waals surface area contributed by atoms with Crippen molar-refractivity contribution < 1.29 is 18.7 Å². The van der Waals surface area contributed by atoms with Crippen LogP contribution < -0.4 is 9.47 Å². The molecule has 28 heavy (non-hydrogen) atoms. The second-order valence-corrected chi connectivity index (χ2v) is 6.84. The average molecular weight is 383 g/mol. The number of rotatable bonds is 5. The van der Waals surface area contributed by atoms with Gasteiger partial charge in [0.1, 0.15) is 11.6 Å². The van der Waals surface area contributed by atoms with E-state index in [1.54, 1.807) is 25.3 Å². The van der Waals surface area contributed by atoms with Crippen LogP contribution in [0.25, 0.3) is 22.4 Å². The lowest BCUT2D eigenvalue weighted by molar-refractivity contribution is -0.134. The van der Waals surface area contributed by atoms with E-state index in [9.17, 15) is 9.18 Å². The monoisotopic (exact) mass is 383 g/mol. The summed E-state index contributed by atoms with van der Waals surface area (Å²) >= 11 is 0. The van der Waals surface area contributed by atoms with Crippen molar-refractivity contribution >= 4 is 16.9 Å². The molecule has 3 aromatic rings. The first kappa shape index (κ1) is 18.3. The summed E-state index contributed by atoms with van der Waals surface area (Å²) in [4.78, 5) is 21.7. The van der Waals surface area contributed by atoms with Crippen molar-refractivity contribution in [1.29, 1.82) is 0 Å². The van der Waals surface area contributed by atoms with E-state index in [-0.39, 0.29) is 18.3 Å². The summed E-state index contributed by atoms with van der Waals surface area (Å²) in [5, 5.41) is 0. The number of H-pyrrole nitrogens is 1. The summed E-state index contributed by atoms with van der Waals surface area (Å²) in [6, 6.07) is 9.79. The molecule has 7 heteroatoms. The van der Waals surface area contributed by atoms with Gasteiger partial charge in [0.05, 0.1) is 18.1 Å². The van der Waals surface area contributed by atoms with Crippen molar-refractivity contribution in [1.82, 2.24) is 14.9 Å². The summed E-state index contributed by atoms with van der Waals surface area (Å²) in [6.45, 7) is 1.58. The first-order chi connectivity index (χ1) is 13.6. The molecule has 1 saturated heterocycles. The van der Waals surface area contributed by atoms with Gasteiger partial charge in [0, 0.05) is 18.7 Å². The highest BCUT2D eigenvalue weighted by Gasteiger charge is 2.18. The number of hydrogen-bond donors (Lipinski definition) is 1. The number of aromatic nitrogens is 2. The molecule has 0 saturated carbocycles. The Morgan fingerprint density at radius 2 is 1.96 bits per heavy atom. The highest BCUT2D eigenvalue weighted by atomic mass is 19.1. The Bertz CT molecular complexity index is 996. The molecule has 0 radical (unpaired) electrons.